The molecule has 1 heterocycles. The van der Waals surface area contributed by atoms with Gasteiger partial charge < -0.3 is 4.74 Å². The highest BCUT2D eigenvalue weighted by Gasteiger charge is 2.06. The second-order valence-corrected chi connectivity index (χ2v) is 2.56. The van der Waals surface area contributed by atoms with Gasteiger partial charge in [0.15, 0.2) is 0 Å². The molecule has 0 bridgehead atoms. The average molecular weight is 161 g/mol. The van der Waals surface area contributed by atoms with Gasteiger partial charge >= 0.3 is 0 Å². The first-order valence-electron chi connectivity index (χ1n) is 3.93. The van der Waals surface area contributed by atoms with Crippen molar-refractivity contribution in [2.45, 2.75) is 12.8 Å². The van der Waals surface area contributed by atoms with E-state index in [4.69, 9.17) is 10.00 Å². The topological polar surface area (TPSA) is 33.0 Å². The molecular formula is C10H11NO. The van der Waals surface area contributed by atoms with E-state index < -0.39 is 0 Å². The molecule has 0 saturated heterocycles. The van der Waals surface area contributed by atoms with Crippen molar-refractivity contribution < 1.29 is 4.74 Å². The van der Waals surface area contributed by atoms with Gasteiger partial charge in [-0.3, -0.25) is 0 Å². The molecule has 2 rings (SSSR count). The van der Waals surface area contributed by atoms with Crippen LogP contribution in [-0.2, 0) is 6.42 Å². The number of aryl methyl sites for hydroxylation is 1. The third-order valence-corrected chi connectivity index (χ3v) is 1.82. The molecule has 12 heavy (non-hydrogen) atoms. The number of para-hydroxylation sites is 1. The van der Waals surface area contributed by atoms with Gasteiger partial charge in [-0.1, -0.05) is 18.2 Å². The molecule has 0 fully saturated rings. The quantitative estimate of drug-likeness (QED) is 0.584. The second-order valence-electron chi connectivity index (χ2n) is 2.56. The molecule has 1 aliphatic heterocycles. The van der Waals surface area contributed by atoms with Gasteiger partial charge in [0.1, 0.15) is 5.75 Å². The van der Waals surface area contributed by atoms with Crippen molar-refractivity contribution in [1.82, 2.24) is 0 Å². The predicted octanol–water partition coefficient (Wildman–Crippen LogP) is 2.15. The highest BCUT2D eigenvalue weighted by molar-refractivity contribution is 5.34. The summed E-state index contributed by atoms with van der Waals surface area (Å²) in [5.41, 5.74) is 1.36. The van der Waals surface area contributed by atoms with Gasteiger partial charge in [-0.25, -0.2) is 5.26 Å². The van der Waals surface area contributed by atoms with Gasteiger partial charge in [0.2, 0.25) is 0 Å². The van der Waals surface area contributed by atoms with Crippen molar-refractivity contribution in [3.63, 3.8) is 0 Å². The highest BCUT2D eigenvalue weighted by atomic mass is 16.5. The summed E-state index contributed by atoms with van der Waals surface area (Å²) in [6, 6.07) is 8.25. The number of nitriles is 1. The van der Waals surface area contributed by atoms with Crippen LogP contribution in [0.5, 0.6) is 5.75 Å². The van der Waals surface area contributed by atoms with E-state index in [1.165, 1.54) is 12.0 Å². The number of nitrogens with zero attached hydrogens (tertiary/aromatic N) is 1. The van der Waals surface area contributed by atoms with Gasteiger partial charge in [0.25, 0.3) is 0 Å². The predicted molar refractivity (Wildman–Crippen MR) is 46.9 cm³/mol. The fourth-order valence-electron chi connectivity index (χ4n) is 1.30. The van der Waals surface area contributed by atoms with Crippen molar-refractivity contribution in [2.24, 2.45) is 0 Å². The van der Waals surface area contributed by atoms with E-state index in [-0.39, 0.29) is 0 Å². The van der Waals surface area contributed by atoms with E-state index in [2.05, 4.69) is 18.7 Å². The molecule has 0 aromatic heterocycles. The lowest BCUT2D eigenvalue weighted by Crippen LogP contribution is -2.07. The summed E-state index contributed by atoms with van der Waals surface area (Å²) in [6.45, 7) is 4.39. The van der Waals surface area contributed by atoms with Crippen LogP contribution in [0.2, 0.25) is 0 Å². The number of fused-ring (bicyclic) bond motifs is 1. The van der Waals surface area contributed by atoms with E-state index in [9.17, 15) is 0 Å². The van der Waals surface area contributed by atoms with Crippen LogP contribution >= 0.6 is 0 Å². The Morgan fingerprint density at radius 2 is 2.00 bits per heavy atom. The summed E-state index contributed by atoms with van der Waals surface area (Å²) < 4.78 is 5.42. The summed E-state index contributed by atoms with van der Waals surface area (Å²) in [6.07, 6.45) is 2.34. The summed E-state index contributed by atoms with van der Waals surface area (Å²) in [5, 5.41) is 6.50. The molecule has 0 aliphatic carbocycles. The molecule has 0 unspecified atom stereocenters. The molecule has 62 valence electrons. The lowest BCUT2D eigenvalue weighted by atomic mass is 10.1. The number of hydrogen-bond donors (Lipinski definition) is 0. The SMILES string of the molecule is C#N.c1ccc2c(c1)CCCO2. The Kier molecular flexibility index (Phi) is 3.16. The number of ether oxygens (including phenoxy) is 1. The molecule has 1 aromatic rings. The van der Waals surface area contributed by atoms with Crippen LogP contribution in [0.25, 0.3) is 0 Å². The van der Waals surface area contributed by atoms with E-state index >= 15 is 0 Å². The first-order chi connectivity index (χ1) is 5.97. The van der Waals surface area contributed by atoms with Crippen LogP contribution in [0.4, 0.5) is 0 Å². The summed E-state index contributed by atoms with van der Waals surface area (Å²) in [5.74, 6) is 1.08. The number of rotatable bonds is 0. The third-order valence-electron chi connectivity index (χ3n) is 1.82. The Hall–Kier alpha value is -1.49. The molecule has 0 N–H and O–H groups in total. The monoisotopic (exact) mass is 161 g/mol. The Morgan fingerprint density at radius 3 is 2.75 bits per heavy atom. The standard InChI is InChI=1S/C9H10O.CHN/c1-2-6-9-8(4-1)5-3-7-10-9;1-2/h1-2,4,6H,3,5,7H2;1H. The van der Waals surface area contributed by atoms with Crippen LogP contribution in [0.3, 0.4) is 0 Å². The maximum Gasteiger partial charge on any atom is 0.122 e. The van der Waals surface area contributed by atoms with Gasteiger partial charge in [-0.2, -0.15) is 0 Å². The van der Waals surface area contributed by atoms with E-state index in [0.29, 0.717) is 0 Å². The van der Waals surface area contributed by atoms with Crippen molar-refractivity contribution in [1.29, 1.82) is 5.26 Å². The van der Waals surface area contributed by atoms with Crippen LogP contribution < -0.4 is 4.74 Å². The van der Waals surface area contributed by atoms with E-state index in [1.807, 2.05) is 12.1 Å². The Morgan fingerprint density at radius 1 is 1.25 bits per heavy atom. The molecular weight excluding hydrogens is 150 g/mol. The highest BCUT2D eigenvalue weighted by Crippen LogP contribution is 2.22. The zero-order chi connectivity index (χ0) is 8.81. The fourth-order valence-corrected chi connectivity index (χ4v) is 1.30. The zero-order valence-electron chi connectivity index (χ0n) is 6.86. The van der Waals surface area contributed by atoms with Crippen LogP contribution in [0.1, 0.15) is 12.0 Å². The largest absolute Gasteiger partial charge is 0.493 e. The zero-order valence-corrected chi connectivity index (χ0v) is 6.86. The van der Waals surface area contributed by atoms with E-state index in [0.717, 1.165) is 18.8 Å². The molecule has 0 saturated carbocycles. The maximum absolute atomic E-state index is 6.50. The van der Waals surface area contributed by atoms with Gasteiger partial charge in [0.05, 0.1) is 6.61 Å². The van der Waals surface area contributed by atoms with Gasteiger partial charge in [-0.15, -0.1) is 0 Å². The van der Waals surface area contributed by atoms with Crippen molar-refractivity contribution in [3.05, 3.63) is 29.8 Å². The smallest absolute Gasteiger partial charge is 0.122 e. The Balaban J connectivity index is 0.000000336. The molecule has 2 heteroatoms. The molecule has 2 nitrogen and oxygen atoms in total. The van der Waals surface area contributed by atoms with Crippen LogP contribution in [0.15, 0.2) is 24.3 Å². The fraction of sp³-hybridized carbons (Fsp3) is 0.300. The molecule has 0 amide bonds. The van der Waals surface area contributed by atoms with Crippen molar-refractivity contribution >= 4 is 0 Å². The maximum atomic E-state index is 6.50. The van der Waals surface area contributed by atoms with Gasteiger partial charge in [-0.05, 0) is 24.5 Å². The summed E-state index contributed by atoms with van der Waals surface area (Å²) in [4.78, 5) is 0. The second kappa shape index (κ2) is 4.40. The minimum absolute atomic E-state index is 0.886. The molecule has 0 spiro atoms. The van der Waals surface area contributed by atoms with Crippen LogP contribution in [0, 0.1) is 11.8 Å². The molecule has 0 atom stereocenters. The Labute approximate surface area is 72.4 Å². The summed E-state index contributed by atoms with van der Waals surface area (Å²) in [7, 11) is 0. The van der Waals surface area contributed by atoms with Crippen molar-refractivity contribution in [3.8, 4) is 12.3 Å². The lowest BCUT2D eigenvalue weighted by molar-refractivity contribution is 0.288. The normalized spacial score (nSPS) is 13.2. The average Bonchev–Trinajstić information content (AvgIpc) is 2.21. The molecule has 0 radical (unpaired) electrons. The first-order valence-corrected chi connectivity index (χ1v) is 3.93. The van der Waals surface area contributed by atoms with Gasteiger partial charge in [0, 0.05) is 6.57 Å². The third kappa shape index (κ3) is 1.76. The number of hydrogen-bond acceptors (Lipinski definition) is 2. The Bertz CT molecular complexity index is 243. The summed E-state index contributed by atoms with van der Waals surface area (Å²) >= 11 is 0. The van der Waals surface area contributed by atoms with E-state index in [1.54, 1.807) is 0 Å². The lowest BCUT2D eigenvalue weighted by Gasteiger charge is -2.15. The molecule has 1 aromatic carbocycles. The number of benzene rings is 1. The minimum atomic E-state index is 0.886. The first kappa shape index (κ1) is 8.61. The molecule has 1 aliphatic rings. The van der Waals surface area contributed by atoms with Crippen LogP contribution in [-0.4, -0.2) is 6.61 Å². The minimum Gasteiger partial charge on any atom is -0.493 e. The van der Waals surface area contributed by atoms with Crippen molar-refractivity contribution in [2.75, 3.05) is 6.61 Å².